The molecule has 0 saturated heterocycles. The second kappa shape index (κ2) is 8.62. The highest BCUT2D eigenvalue weighted by atomic mass is 16.3. The molecular formula is C15H23N5O3. The first-order valence-electron chi connectivity index (χ1n) is 7.21. The van der Waals surface area contributed by atoms with Gasteiger partial charge in [0.05, 0.1) is 0 Å². The Morgan fingerprint density at radius 1 is 1.22 bits per heavy atom. The van der Waals surface area contributed by atoms with Gasteiger partial charge in [-0.05, 0) is 30.5 Å². The minimum Gasteiger partial charge on any atom is -0.508 e. The lowest BCUT2D eigenvalue weighted by molar-refractivity contribution is -0.138. The molecule has 0 unspecified atom stereocenters. The number of carbonyl (C=O) groups is 2. The summed E-state index contributed by atoms with van der Waals surface area (Å²) in [5.74, 6) is -0.729. The molecule has 0 aliphatic rings. The fraction of sp³-hybridized carbons (Fsp3) is 0.400. The number of phenols is 1. The van der Waals surface area contributed by atoms with E-state index in [9.17, 15) is 14.7 Å². The van der Waals surface area contributed by atoms with Gasteiger partial charge < -0.3 is 27.2 Å². The van der Waals surface area contributed by atoms with Crippen molar-refractivity contribution in [3.05, 3.63) is 29.8 Å². The van der Waals surface area contributed by atoms with Gasteiger partial charge in [-0.3, -0.25) is 14.6 Å². The summed E-state index contributed by atoms with van der Waals surface area (Å²) in [6, 6.07) is 5.67. The molecule has 2 amide bonds. The summed E-state index contributed by atoms with van der Waals surface area (Å²) in [5.41, 5.74) is 16.7. The van der Waals surface area contributed by atoms with Crippen LogP contribution in [-0.2, 0) is 16.1 Å². The number of guanidine groups is 1. The summed E-state index contributed by atoms with van der Waals surface area (Å²) < 4.78 is 0. The Hall–Kier alpha value is -2.77. The highest BCUT2D eigenvalue weighted by Crippen LogP contribution is 2.16. The highest BCUT2D eigenvalue weighted by molar-refractivity contribution is 5.85. The smallest absolute Gasteiger partial charge is 0.240 e. The van der Waals surface area contributed by atoms with Gasteiger partial charge in [-0.1, -0.05) is 12.1 Å². The molecule has 1 atom stereocenters. The van der Waals surface area contributed by atoms with Crippen LogP contribution in [0.1, 0.15) is 25.3 Å². The molecule has 126 valence electrons. The van der Waals surface area contributed by atoms with Crippen LogP contribution in [0.25, 0.3) is 0 Å². The molecule has 8 nitrogen and oxygen atoms in total. The summed E-state index contributed by atoms with van der Waals surface area (Å²) in [7, 11) is 0. The van der Waals surface area contributed by atoms with Crippen LogP contribution >= 0.6 is 0 Å². The Morgan fingerprint density at radius 2 is 1.83 bits per heavy atom. The van der Waals surface area contributed by atoms with Gasteiger partial charge in [-0.2, -0.15) is 0 Å². The van der Waals surface area contributed by atoms with E-state index in [4.69, 9.17) is 17.2 Å². The minimum absolute atomic E-state index is 0.0202. The van der Waals surface area contributed by atoms with Crippen molar-refractivity contribution in [1.82, 2.24) is 4.90 Å². The Bertz CT molecular complexity index is 567. The van der Waals surface area contributed by atoms with Crippen LogP contribution in [0.3, 0.4) is 0 Å². The van der Waals surface area contributed by atoms with Gasteiger partial charge in [0.25, 0.3) is 0 Å². The third kappa shape index (κ3) is 6.25. The van der Waals surface area contributed by atoms with Gasteiger partial charge in [0.1, 0.15) is 11.8 Å². The number of amides is 2. The van der Waals surface area contributed by atoms with Crippen LogP contribution < -0.4 is 17.2 Å². The Morgan fingerprint density at radius 3 is 2.30 bits per heavy atom. The predicted molar refractivity (Wildman–Crippen MR) is 87.2 cm³/mol. The van der Waals surface area contributed by atoms with Crippen LogP contribution in [0, 0.1) is 0 Å². The zero-order valence-electron chi connectivity index (χ0n) is 13.1. The maximum Gasteiger partial charge on any atom is 0.240 e. The molecule has 0 aromatic heterocycles. The number of carbonyl (C=O) groups excluding carboxylic acids is 2. The molecule has 0 bridgehead atoms. The summed E-state index contributed by atoms with van der Waals surface area (Å²) in [5, 5.41) is 9.30. The SMILES string of the molecule is CC(=O)N(Cc1ccc(O)cc1)[C@H](CCCN=C(N)N)C(N)=O. The predicted octanol–water partition coefficient (Wildman–Crippen LogP) is -0.352. The van der Waals surface area contributed by atoms with Crippen molar-refractivity contribution in [2.45, 2.75) is 32.4 Å². The molecule has 0 heterocycles. The zero-order chi connectivity index (χ0) is 17.4. The van der Waals surface area contributed by atoms with E-state index in [-0.39, 0.29) is 24.2 Å². The zero-order valence-corrected chi connectivity index (χ0v) is 13.1. The standard InChI is InChI=1S/C15H23N5O3/c1-10(21)20(9-11-4-6-12(22)7-5-11)13(14(16)23)3-2-8-19-15(17)18/h4-7,13,22H,2-3,8-9H2,1H3,(H2,16,23)(H4,17,18,19)/t13-/m1/s1. The largest absolute Gasteiger partial charge is 0.508 e. The van der Waals surface area contributed by atoms with Gasteiger partial charge in [-0.25, -0.2) is 0 Å². The number of phenolic OH excluding ortho intramolecular Hbond substituents is 1. The second-order valence-corrected chi connectivity index (χ2v) is 5.18. The van der Waals surface area contributed by atoms with Crippen molar-refractivity contribution >= 4 is 17.8 Å². The van der Waals surface area contributed by atoms with Crippen LogP contribution in [-0.4, -0.2) is 40.4 Å². The molecule has 1 aromatic rings. The first-order chi connectivity index (χ1) is 10.8. The van der Waals surface area contributed by atoms with Crippen molar-refractivity contribution < 1.29 is 14.7 Å². The number of aromatic hydroxyl groups is 1. The van der Waals surface area contributed by atoms with Crippen molar-refractivity contribution in [3.8, 4) is 5.75 Å². The van der Waals surface area contributed by atoms with Gasteiger partial charge >= 0.3 is 0 Å². The monoisotopic (exact) mass is 321 g/mol. The Kier molecular flexibility index (Phi) is 6.85. The molecule has 0 fully saturated rings. The number of nitrogens with two attached hydrogens (primary N) is 3. The van der Waals surface area contributed by atoms with Crippen molar-refractivity contribution in [1.29, 1.82) is 0 Å². The second-order valence-electron chi connectivity index (χ2n) is 5.18. The first-order valence-corrected chi connectivity index (χ1v) is 7.21. The molecule has 0 aliphatic carbocycles. The van der Waals surface area contributed by atoms with E-state index < -0.39 is 11.9 Å². The number of nitrogens with zero attached hydrogens (tertiary/aromatic N) is 2. The van der Waals surface area contributed by atoms with Crippen molar-refractivity contribution in [3.63, 3.8) is 0 Å². The third-order valence-corrected chi connectivity index (χ3v) is 3.33. The molecule has 0 aliphatic heterocycles. The molecule has 8 heteroatoms. The lowest BCUT2D eigenvalue weighted by atomic mass is 10.1. The first kappa shape index (κ1) is 18.3. The van der Waals surface area contributed by atoms with E-state index >= 15 is 0 Å². The van der Waals surface area contributed by atoms with E-state index in [0.29, 0.717) is 19.4 Å². The van der Waals surface area contributed by atoms with Crippen LogP contribution in [0.15, 0.2) is 29.3 Å². The Balaban J connectivity index is 2.80. The molecule has 1 aromatic carbocycles. The summed E-state index contributed by atoms with van der Waals surface area (Å²) in [6.07, 6.45) is 0.884. The fourth-order valence-electron chi connectivity index (χ4n) is 2.18. The molecular weight excluding hydrogens is 298 g/mol. The van der Waals surface area contributed by atoms with E-state index in [0.717, 1.165) is 5.56 Å². The molecule has 1 rings (SSSR count). The lowest BCUT2D eigenvalue weighted by Gasteiger charge is -2.29. The number of benzene rings is 1. The van der Waals surface area contributed by atoms with Crippen molar-refractivity contribution in [2.24, 2.45) is 22.2 Å². The van der Waals surface area contributed by atoms with Crippen LogP contribution in [0.5, 0.6) is 5.75 Å². The van der Waals surface area contributed by atoms with E-state index in [1.54, 1.807) is 12.1 Å². The van der Waals surface area contributed by atoms with E-state index in [1.165, 1.54) is 24.0 Å². The van der Waals surface area contributed by atoms with E-state index in [2.05, 4.69) is 4.99 Å². The quantitative estimate of drug-likeness (QED) is 0.293. The average molecular weight is 321 g/mol. The third-order valence-electron chi connectivity index (χ3n) is 3.33. The number of aliphatic imine (C=N–C) groups is 1. The number of rotatable bonds is 8. The number of primary amides is 1. The minimum atomic E-state index is -0.740. The average Bonchev–Trinajstić information content (AvgIpc) is 2.46. The topological polar surface area (TPSA) is 148 Å². The number of hydrogen-bond donors (Lipinski definition) is 4. The maximum absolute atomic E-state index is 11.9. The Labute approximate surface area is 135 Å². The van der Waals surface area contributed by atoms with Gasteiger partial charge in [0.2, 0.25) is 11.8 Å². The molecule has 7 N–H and O–H groups in total. The fourth-order valence-corrected chi connectivity index (χ4v) is 2.18. The lowest BCUT2D eigenvalue weighted by Crippen LogP contribution is -2.46. The molecule has 23 heavy (non-hydrogen) atoms. The maximum atomic E-state index is 11.9. The summed E-state index contributed by atoms with van der Waals surface area (Å²) >= 11 is 0. The molecule has 0 radical (unpaired) electrons. The van der Waals surface area contributed by atoms with Crippen molar-refractivity contribution in [2.75, 3.05) is 6.54 Å². The van der Waals surface area contributed by atoms with Crippen LogP contribution in [0.2, 0.25) is 0 Å². The highest BCUT2D eigenvalue weighted by Gasteiger charge is 2.25. The van der Waals surface area contributed by atoms with E-state index in [1.807, 2.05) is 0 Å². The number of hydrogen-bond acceptors (Lipinski definition) is 4. The van der Waals surface area contributed by atoms with Gasteiger partial charge in [-0.15, -0.1) is 0 Å². The molecule has 0 saturated carbocycles. The summed E-state index contributed by atoms with van der Waals surface area (Å²) in [4.78, 5) is 28.9. The normalized spacial score (nSPS) is 11.5. The van der Waals surface area contributed by atoms with Gasteiger partial charge in [0.15, 0.2) is 5.96 Å². The van der Waals surface area contributed by atoms with Gasteiger partial charge in [0, 0.05) is 20.0 Å². The molecule has 0 spiro atoms. The van der Waals surface area contributed by atoms with Crippen LogP contribution in [0.4, 0.5) is 0 Å². The summed E-state index contributed by atoms with van der Waals surface area (Å²) in [6.45, 7) is 1.97.